The van der Waals surface area contributed by atoms with Gasteiger partial charge >= 0.3 is 0 Å². The molecule has 0 spiro atoms. The third kappa shape index (κ3) is 0.897. The smallest absolute Gasteiger partial charge is 0.109 e. The molecule has 0 aliphatic heterocycles. The lowest BCUT2D eigenvalue weighted by Gasteiger charge is -1.99. The molecule has 0 amide bonds. The molecule has 2 aromatic heterocycles. The van der Waals surface area contributed by atoms with Crippen LogP contribution in [-0.2, 0) is 13.5 Å². The van der Waals surface area contributed by atoms with E-state index >= 15 is 0 Å². The number of fused-ring (bicyclic) bond motifs is 1. The van der Waals surface area contributed by atoms with Crippen LogP contribution < -0.4 is 0 Å². The summed E-state index contributed by atoms with van der Waals surface area (Å²) in [5, 5.41) is 4.16. The second-order valence-corrected chi connectivity index (χ2v) is 2.83. The van der Waals surface area contributed by atoms with Gasteiger partial charge in [-0.15, -0.1) is 0 Å². The first-order chi connectivity index (χ1) is 5.83. The van der Waals surface area contributed by atoms with Gasteiger partial charge in [-0.1, -0.05) is 6.92 Å². The fourth-order valence-corrected chi connectivity index (χ4v) is 1.46. The van der Waals surface area contributed by atoms with E-state index in [-0.39, 0.29) is 0 Å². The Kier molecular flexibility index (Phi) is 1.57. The van der Waals surface area contributed by atoms with Gasteiger partial charge in [0.1, 0.15) is 5.52 Å². The molecule has 3 heteroatoms. The molecule has 0 atom stereocenters. The minimum absolute atomic E-state index is 0.983. The maximum Gasteiger partial charge on any atom is 0.109 e. The third-order valence-electron chi connectivity index (χ3n) is 2.09. The van der Waals surface area contributed by atoms with Crippen LogP contribution in [0, 0.1) is 0 Å². The van der Waals surface area contributed by atoms with Crippen LogP contribution in [0.2, 0.25) is 0 Å². The van der Waals surface area contributed by atoms with Crippen LogP contribution in [0.5, 0.6) is 0 Å². The van der Waals surface area contributed by atoms with E-state index in [1.165, 1.54) is 5.56 Å². The van der Waals surface area contributed by atoms with E-state index < -0.39 is 0 Å². The van der Waals surface area contributed by atoms with Gasteiger partial charge in [-0.3, -0.25) is 9.67 Å². The molecule has 2 heterocycles. The fraction of sp³-hybridized carbons (Fsp3) is 0.333. The second-order valence-electron chi connectivity index (χ2n) is 2.83. The molecule has 0 aliphatic rings. The van der Waals surface area contributed by atoms with E-state index in [0.717, 1.165) is 17.5 Å². The molecule has 2 rings (SSSR count). The summed E-state index contributed by atoms with van der Waals surface area (Å²) in [5.41, 5.74) is 3.44. The Bertz CT molecular complexity index is 403. The van der Waals surface area contributed by atoms with Gasteiger partial charge in [0.2, 0.25) is 0 Å². The Morgan fingerprint density at radius 3 is 3.08 bits per heavy atom. The zero-order valence-electron chi connectivity index (χ0n) is 7.28. The highest BCUT2D eigenvalue weighted by molar-refractivity contribution is 5.77. The van der Waals surface area contributed by atoms with Gasteiger partial charge in [-0.25, -0.2) is 0 Å². The summed E-state index contributed by atoms with van der Waals surface area (Å²) in [4.78, 5) is 4.23. The average molecular weight is 161 g/mol. The van der Waals surface area contributed by atoms with Gasteiger partial charge in [0.25, 0.3) is 0 Å². The van der Waals surface area contributed by atoms with Crippen molar-refractivity contribution in [3.8, 4) is 0 Å². The fourth-order valence-electron chi connectivity index (χ4n) is 1.46. The lowest BCUT2D eigenvalue weighted by atomic mass is 10.2. The highest BCUT2D eigenvalue weighted by atomic mass is 15.3. The van der Waals surface area contributed by atoms with Gasteiger partial charge < -0.3 is 0 Å². The quantitative estimate of drug-likeness (QED) is 0.635. The van der Waals surface area contributed by atoms with Crippen LogP contribution >= 0.6 is 0 Å². The number of rotatable bonds is 1. The lowest BCUT2D eigenvalue weighted by Crippen LogP contribution is -1.93. The molecule has 0 N–H and O–H groups in total. The van der Waals surface area contributed by atoms with E-state index in [4.69, 9.17) is 0 Å². The Morgan fingerprint density at radius 1 is 1.50 bits per heavy atom. The molecule has 0 fully saturated rings. The molecule has 0 aromatic carbocycles. The third-order valence-corrected chi connectivity index (χ3v) is 2.09. The van der Waals surface area contributed by atoms with Crippen molar-refractivity contribution in [3.05, 3.63) is 24.0 Å². The molecule has 0 saturated carbocycles. The van der Waals surface area contributed by atoms with E-state index in [9.17, 15) is 0 Å². The van der Waals surface area contributed by atoms with Gasteiger partial charge in [-0.05, 0) is 18.1 Å². The highest BCUT2D eigenvalue weighted by Gasteiger charge is 2.03. The Morgan fingerprint density at radius 2 is 2.33 bits per heavy atom. The van der Waals surface area contributed by atoms with Crippen molar-refractivity contribution in [2.45, 2.75) is 13.3 Å². The second kappa shape index (κ2) is 2.59. The molecule has 0 radical (unpaired) electrons. The number of hydrogen-bond donors (Lipinski definition) is 0. The first-order valence-electron chi connectivity index (χ1n) is 4.08. The summed E-state index contributed by atoms with van der Waals surface area (Å²) in [6, 6.07) is 2.05. The van der Waals surface area contributed by atoms with Crippen molar-refractivity contribution >= 4 is 11.0 Å². The summed E-state index contributed by atoms with van der Waals surface area (Å²) >= 11 is 0. The maximum absolute atomic E-state index is 4.23. The van der Waals surface area contributed by atoms with Crippen LogP contribution in [-0.4, -0.2) is 14.8 Å². The van der Waals surface area contributed by atoms with Gasteiger partial charge in [0, 0.05) is 13.2 Å². The molecule has 12 heavy (non-hydrogen) atoms. The molecule has 3 nitrogen and oxygen atoms in total. The molecule has 0 unspecified atom stereocenters. The maximum atomic E-state index is 4.23. The number of pyridine rings is 1. The Balaban J connectivity index is 2.84. The normalized spacial score (nSPS) is 10.8. The number of aryl methyl sites for hydroxylation is 2. The van der Waals surface area contributed by atoms with Crippen molar-refractivity contribution in [1.82, 2.24) is 14.8 Å². The van der Waals surface area contributed by atoms with Crippen molar-refractivity contribution < 1.29 is 0 Å². The molecule has 62 valence electrons. The minimum atomic E-state index is 0.983. The highest BCUT2D eigenvalue weighted by Crippen LogP contribution is 2.15. The summed E-state index contributed by atoms with van der Waals surface area (Å²) in [5.74, 6) is 0. The predicted molar refractivity (Wildman–Crippen MR) is 47.9 cm³/mol. The van der Waals surface area contributed by atoms with Crippen LogP contribution in [0.4, 0.5) is 0 Å². The SMILES string of the molecule is CCc1ccnc2cnn(C)c12. The van der Waals surface area contributed by atoms with Crippen molar-refractivity contribution in [2.24, 2.45) is 7.05 Å². The van der Waals surface area contributed by atoms with E-state index in [1.54, 1.807) is 6.20 Å². The first-order valence-corrected chi connectivity index (χ1v) is 4.08. The number of nitrogens with zero attached hydrogens (tertiary/aromatic N) is 3. The lowest BCUT2D eigenvalue weighted by molar-refractivity contribution is 0.792. The first kappa shape index (κ1) is 7.28. The molecular formula is C9H11N3. The Labute approximate surface area is 71.0 Å². The van der Waals surface area contributed by atoms with Crippen molar-refractivity contribution in [2.75, 3.05) is 0 Å². The van der Waals surface area contributed by atoms with Crippen LogP contribution in [0.15, 0.2) is 18.5 Å². The molecule has 2 aromatic rings. The predicted octanol–water partition coefficient (Wildman–Crippen LogP) is 1.53. The van der Waals surface area contributed by atoms with E-state index in [2.05, 4.69) is 17.0 Å². The van der Waals surface area contributed by atoms with Gasteiger partial charge in [-0.2, -0.15) is 5.10 Å². The van der Waals surface area contributed by atoms with Crippen LogP contribution in [0.25, 0.3) is 11.0 Å². The number of hydrogen-bond acceptors (Lipinski definition) is 2. The zero-order valence-corrected chi connectivity index (χ0v) is 7.28. The Hall–Kier alpha value is -1.38. The molecule has 0 aliphatic carbocycles. The van der Waals surface area contributed by atoms with Crippen molar-refractivity contribution in [1.29, 1.82) is 0 Å². The zero-order chi connectivity index (χ0) is 8.55. The van der Waals surface area contributed by atoms with E-state index in [0.29, 0.717) is 0 Å². The molecule has 0 saturated heterocycles. The molecular weight excluding hydrogens is 150 g/mol. The number of aromatic nitrogens is 3. The summed E-state index contributed by atoms with van der Waals surface area (Å²) < 4.78 is 1.88. The summed E-state index contributed by atoms with van der Waals surface area (Å²) in [6.07, 6.45) is 4.66. The van der Waals surface area contributed by atoms with Gasteiger partial charge in [0.05, 0.1) is 11.7 Å². The van der Waals surface area contributed by atoms with Gasteiger partial charge in [0.15, 0.2) is 0 Å². The monoisotopic (exact) mass is 161 g/mol. The average Bonchev–Trinajstić information content (AvgIpc) is 2.48. The minimum Gasteiger partial charge on any atom is -0.266 e. The van der Waals surface area contributed by atoms with Crippen LogP contribution in [0.1, 0.15) is 12.5 Å². The topological polar surface area (TPSA) is 30.7 Å². The largest absolute Gasteiger partial charge is 0.266 e. The standard InChI is InChI=1S/C9H11N3/c1-3-7-4-5-10-8-6-11-12(2)9(7)8/h4-6H,3H2,1-2H3. The summed E-state index contributed by atoms with van der Waals surface area (Å²) in [6.45, 7) is 2.14. The summed E-state index contributed by atoms with van der Waals surface area (Å²) in [7, 11) is 1.95. The van der Waals surface area contributed by atoms with Crippen LogP contribution in [0.3, 0.4) is 0 Å². The molecule has 0 bridgehead atoms. The van der Waals surface area contributed by atoms with E-state index in [1.807, 2.05) is 24.0 Å². The van der Waals surface area contributed by atoms with Crippen molar-refractivity contribution in [3.63, 3.8) is 0 Å².